The van der Waals surface area contributed by atoms with Gasteiger partial charge in [0.1, 0.15) is 11.2 Å². The van der Waals surface area contributed by atoms with E-state index >= 15 is 0 Å². The van der Waals surface area contributed by atoms with Crippen LogP contribution in [-0.4, -0.2) is 12.3 Å². The summed E-state index contributed by atoms with van der Waals surface area (Å²) in [6, 6.07) is 36.2. The third-order valence-electron chi connectivity index (χ3n) is 11.6. The van der Waals surface area contributed by atoms with E-state index in [0.29, 0.717) is 0 Å². The highest BCUT2D eigenvalue weighted by molar-refractivity contribution is 7.00. The number of nitrogens with zero attached hydrogens (tertiary/aromatic N) is 2. The summed E-state index contributed by atoms with van der Waals surface area (Å²) < 4.78 is 6.53. The van der Waals surface area contributed by atoms with Crippen LogP contribution in [0.25, 0.3) is 21.9 Å². The van der Waals surface area contributed by atoms with E-state index in [9.17, 15) is 0 Å². The molecule has 1 fully saturated rings. The lowest BCUT2D eigenvalue weighted by Crippen LogP contribution is -2.64. The Morgan fingerprint density at radius 1 is 0.698 bits per heavy atom. The average molecular weight is 557 g/mol. The third-order valence-corrected chi connectivity index (χ3v) is 11.6. The molecule has 2 atom stereocenters. The van der Waals surface area contributed by atoms with Crippen LogP contribution < -0.4 is 26.2 Å². The van der Waals surface area contributed by atoms with Crippen LogP contribution in [0.2, 0.25) is 0 Å². The molecule has 0 amide bonds. The molecule has 4 heterocycles. The van der Waals surface area contributed by atoms with E-state index in [-0.39, 0.29) is 17.7 Å². The summed E-state index contributed by atoms with van der Waals surface area (Å²) in [7, 11) is 0. The van der Waals surface area contributed by atoms with E-state index in [1.54, 1.807) is 0 Å². The Morgan fingerprint density at radius 2 is 1.49 bits per heavy atom. The van der Waals surface area contributed by atoms with Gasteiger partial charge in [-0.15, -0.1) is 0 Å². The predicted octanol–water partition coefficient (Wildman–Crippen LogP) is 8.25. The number of benzene rings is 5. The van der Waals surface area contributed by atoms with Gasteiger partial charge in [-0.05, 0) is 96.7 Å². The number of hydrogen-bond donors (Lipinski definition) is 0. The van der Waals surface area contributed by atoms with Gasteiger partial charge in [0.05, 0.1) is 5.54 Å². The lowest BCUT2D eigenvalue weighted by Gasteiger charge is -2.52. The molecule has 0 radical (unpaired) electrons. The number of anilines is 5. The van der Waals surface area contributed by atoms with Crippen molar-refractivity contribution >= 4 is 73.5 Å². The highest BCUT2D eigenvalue weighted by Crippen LogP contribution is 2.61. The topological polar surface area (TPSA) is 19.6 Å². The highest BCUT2D eigenvalue weighted by atomic mass is 16.3. The minimum atomic E-state index is 0.0385. The molecule has 208 valence electrons. The van der Waals surface area contributed by atoms with Gasteiger partial charge >= 0.3 is 0 Å². The first-order chi connectivity index (χ1) is 21.0. The Bertz CT molecular complexity index is 2170. The monoisotopic (exact) mass is 556 g/mol. The fraction of sp³-hybridized carbons (Fsp3) is 0.231. The molecule has 6 aromatic rings. The van der Waals surface area contributed by atoms with Crippen molar-refractivity contribution in [3.8, 4) is 0 Å². The summed E-state index contributed by atoms with van der Waals surface area (Å²) in [6.45, 7) is 7.51. The van der Waals surface area contributed by atoms with Gasteiger partial charge in [0.2, 0.25) is 0 Å². The molecule has 2 unspecified atom stereocenters. The number of hydrogen-bond acceptors (Lipinski definition) is 3. The van der Waals surface area contributed by atoms with Crippen molar-refractivity contribution in [1.82, 2.24) is 0 Å². The zero-order chi connectivity index (χ0) is 28.7. The summed E-state index contributed by atoms with van der Waals surface area (Å²) in [4.78, 5) is 5.32. The Balaban J connectivity index is 1.36. The normalized spacial score (nSPS) is 22.9. The van der Waals surface area contributed by atoms with Gasteiger partial charge in [-0.2, -0.15) is 0 Å². The standard InChI is InChI=1S/C39H33BN2O/c1-24-20-32-36-33(21-24)42-37-28(38(2)18-9-10-19-39(38,42)3)15-11-16-29(37)40(36)30-23-35-27(26-14-7-8-17-34(26)43-35)22-31(30)41(32)25-12-5-4-6-13-25/h4-8,11-17,20-23H,9-10,18-19H2,1-3H3. The molecular weight excluding hydrogens is 523 g/mol. The second kappa shape index (κ2) is 7.93. The summed E-state index contributed by atoms with van der Waals surface area (Å²) in [5, 5.41) is 2.35. The van der Waals surface area contributed by atoms with E-state index in [1.165, 1.54) is 92.4 Å². The maximum atomic E-state index is 6.53. The average Bonchev–Trinajstić information content (AvgIpc) is 3.48. The van der Waals surface area contributed by atoms with Crippen molar-refractivity contribution in [2.24, 2.45) is 0 Å². The first-order valence-corrected chi connectivity index (χ1v) is 15.9. The molecule has 0 spiro atoms. The molecule has 1 aliphatic carbocycles. The second-order valence-corrected chi connectivity index (χ2v) is 13.7. The van der Waals surface area contributed by atoms with Crippen LogP contribution >= 0.6 is 0 Å². The third kappa shape index (κ3) is 2.79. The first-order valence-electron chi connectivity index (χ1n) is 15.9. The van der Waals surface area contributed by atoms with Gasteiger partial charge in [-0.3, -0.25) is 0 Å². The molecule has 0 saturated heterocycles. The van der Waals surface area contributed by atoms with Crippen LogP contribution in [0.1, 0.15) is 50.7 Å². The molecule has 4 aliphatic rings. The van der Waals surface area contributed by atoms with Crippen molar-refractivity contribution in [3.63, 3.8) is 0 Å². The fourth-order valence-electron chi connectivity index (χ4n) is 9.49. The molecule has 5 aromatic carbocycles. The highest BCUT2D eigenvalue weighted by Gasteiger charge is 2.61. The van der Waals surface area contributed by atoms with Gasteiger partial charge in [0.15, 0.2) is 0 Å². The predicted molar refractivity (Wildman–Crippen MR) is 181 cm³/mol. The Morgan fingerprint density at radius 3 is 2.37 bits per heavy atom. The largest absolute Gasteiger partial charge is 0.456 e. The van der Waals surface area contributed by atoms with Crippen LogP contribution in [0.4, 0.5) is 28.4 Å². The molecule has 43 heavy (non-hydrogen) atoms. The summed E-state index contributed by atoms with van der Waals surface area (Å²) in [5.74, 6) is 0. The molecule has 10 rings (SSSR count). The minimum Gasteiger partial charge on any atom is -0.456 e. The number of para-hydroxylation sites is 3. The van der Waals surface area contributed by atoms with Crippen molar-refractivity contribution in [2.75, 3.05) is 9.80 Å². The molecule has 4 heteroatoms. The lowest BCUT2D eigenvalue weighted by atomic mass is 9.33. The summed E-state index contributed by atoms with van der Waals surface area (Å²) in [5.41, 5.74) is 15.7. The van der Waals surface area contributed by atoms with Gasteiger partial charge in [0, 0.05) is 44.6 Å². The van der Waals surface area contributed by atoms with Gasteiger partial charge in [-0.25, -0.2) is 0 Å². The molecule has 3 nitrogen and oxygen atoms in total. The lowest BCUT2D eigenvalue weighted by molar-refractivity contribution is 0.195. The van der Waals surface area contributed by atoms with Crippen molar-refractivity contribution in [3.05, 3.63) is 108 Å². The van der Waals surface area contributed by atoms with Gasteiger partial charge < -0.3 is 14.2 Å². The van der Waals surface area contributed by atoms with Gasteiger partial charge in [0.25, 0.3) is 6.71 Å². The van der Waals surface area contributed by atoms with Gasteiger partial charge in [-0.1, -0.05) is 74.4 Å². The Hall–Kier alpha value is -4.44. The van der Waals surface area contributed by atoms with Crippen LogP contribution in [-0.2, 0) is 5.41 Å². The van der Waals surface area contributed by atoms with Crippen molar-refractivity contribution in [2.45, 2.75) is 57.4 Å². The second-order valence-electron chi connectivity index (χ2n) is 13.7. The number of aryl methyl sites for hydroxylation is 1. The molecule has 0 N–H and O–H groups in total. The Kier molecular flexibility index (Phi) is 4.44. The number of rotatable bonds is 1. The van der Waals surface area contributed by atoms with E-state index in [0.717, 1.165) is 11.2 Å². The van der Waals surface area contributed by atoms with Crippen LogP contribution in [0.3, 0.4) is 0 Å². The van der Waals surface area contributed by atoms with Crippen molar-refractivity contribution < 1.29 is 4.42 Å². The first kappa shape index (κ1) is 24.1. The van der Waals surface area contributed by atoms with E-state index in [1.807, 2.05) is 0 Å². The maximum Gasteiger partial charge on any atom is 0.252 e. The van der Waals surface area contributed by atoms with E-state index in [4.69, 9.17) is 4.42 Å². The molecule has 1 saturated carbocycles. The summed E-state index contributed by atoms with van der Waals surface area (Å²) in [6.07, 6.45) is 5.03. The van der Waals surface area contributed by atoms with Crippen LogP contribution in [0, 0.1) is 6.92 Å². The summed E-state index contributed by atoms with van der Waals surface area (Å²) >= 11 is 0. The minimum absolute atomic E-state index is 0.0385. The smallest absolute Gasteiger partial charge is 0.252 e. The number of fused-ring (bicyclic) bond motifs is 10. The van der Waals surface area contributed by atoms with Crippen LogP contribution in [0.15, 0.2) is 101 Å². The Labute approximate surface area is 252 Å². The maximum absolute atomic E-state index is 6.53. The quantitative estimate of drug-likeness (QED) is 0.190. The van der Waals surface area contributed by atoms with Crippen LogP contribution in [0.5, 0.6) is 0 Å². The fourth-order valence-corrected chi connectivity index (χ4v) is 9.49. The zero-order valence-electron chi connectivity index (χ0n) is 24.9. The molecule has 0 bridgehead atoms. The molecule has 1 aromatic heterocycles. The van der Waals surface area contributed by atoms with E-state index < -0.39 is 0 Å². The molecule has 3 aliphatic heterocycles. The SMILES string of the molecule is Cc1cc2c3c(c1)N1c4c(cccc4C4(C)CCCCC14C)B3c1cc3oc4ccccc4c3cc1N2c1ccccc1. The van der Waals surface area contributed by atoms with Crippen molar-refractivity contribution in [1.29, 1.82) is 0 Å². The zero-order valence-corrected chi connectivity index (χ0v) is 24.9. The van der Waals surface area contributed by atoms with E-state index in [2.05, 4.69) is 128 Å². The molecular formula is C39H33BN2O. The number of furan rings is 1.